The van der Waals surface area contributed by atoms with Gasteiger partial charge in [-0.15, -0.1) is 0 Å². The summed E-state index contributed by atoms with van der Waals surface area (Å²) in [6.07, 6.45) is 0.975. The number of nitrogens with one attached hydrogen (secondary N) is 1. The van der Waals surface area contributed by atoms with Crippen molar-refractivity contribution < 1.29 is 17.9 Å². The Morgan fingerprint density at radius 2 is 1.58 bits per heavy atom. The van der Waals surface area contributed by atoms with E-state index in [1.807, 2.05) is 48.5 Å². The van der Waals surface area contributed by atoms with Gasteiger partial charge in [0.15, 0.2) is 0 Å². The lowest BCUT2D eigenvalue weighted by atomic mass is 10.0. The van der Waals surface area contributed by atoms with Crippen LogP contribution in [-0.4, -0.2) is 51.5 Å². The zero-order chi connectivity index (χ0) is 21.7. The molecule has 7 heteroatoms. The number of amides is 1. The molecule has 1 N–H and O–H groups in total. The third kappa shape index (κ3) is 5.31. The van der Waals surface area contributed by atoms with Crippen molar-refractivity contribution in [3.05, 3.63) is 77.9 Å². The van der Waals surface area contributed by atoms with Crippen molar-refractivity contribution in [2.24, 2.45) is 0 Å². The average molecular weight is 439 g/mol. The molecule has 3 aromatic carbocycles. The first-order valence-corrected chi connectivity index (χ1v) is 11.9. The number of hydrogen-bond acceptors (Lipinski definition) is 4. The molecule has 0 aliphatic carbocycles. The first-order chi connectivity index (χ1) is 15.0. The molecule has 1 saturated heterocycles. The van der Waals surface area contributed by atoms with Crippen LogP contribution in [0.1, 0.15) is 11.1 Å². The number of rotatable bonds is 7. The number of fused-ring (bicyclic) bond motifs is 1. The van der Waals surface area contributed by atoms with Gasteiger partial charge in [-0.2, -0.15) is 4.31 Å². The van der Waals surface area contributed by atoms with Crippen molar-refractivity contribution in [1.82, 2.24) is 9.62 Å². The highest BCUT2D eigenvalue weighted by molar-refractivity contribution is 7.89. The topological polar surface area (TPSA) is 75.7 Å². The summed E-state index contributed by atoms with van der Waals surface area (Å²) in [5.74, 6) is -0.0261. The van der Waals surface area contributed by atoms with Gasteiger partial charge in [-0.1, -0.05) is 54.6 Å². The summed E-state index contributed by atoms with van der Waals surface area (Å²) < 4.78 is 32.0. The number of carbonyl (C=O) groups excluding carboxylic acids is 1. The lowest BCUT2D eigenvalue weighted by molar-refractivity contribution is -0.120. The fraction of sp³-hybridized carbons (Fsp3) is 0.292. The molecule has 6 nitrogen and oxygen atoms in total. The highest BCUT2D eigenvalue weighted by Crippen LogP contribution is 2.18. The summed E-state index contributed by atoms with van der Waals surface area (Å²) in [5, 5.41) is 5.23. The van der Waals surface area contributed by atoms with Gasteiger partial charge in [-0.05, 0) is 40.5 Å². The second kappa shape index (κ2) is 9.60. The number of hydrogen-bond donors (Lipinski definition) is 1. The molecule has 0 unspecified atom stereocenters. The van der Waals surface area contributed by atoms with Gasteiger partial charge in [0.25, 0.3) is 0 Å². The number of benzene rings is 3. The van der Waals surface area contributed by atoms with E-state index in [0.29, 0.717) is 50.6 Å². The maximum absolute atomic E-state index is 12.7. The fourth-order valence-electron chi connectivity index (χ4n) is 3.71. The van der Waals surface area contributed by atoms with Crippen molar-refractivity contribution >= 4 is 26.7 Å². The predicted octanol–water partition coefficient (Wildman–Crippen LogP) is 2.76. The molecule has 1 aliphatic heterocycles. The molecule has 1 heterocycles. The first-order valence-electron chi connectivity index (χ1n) is 10.4. The van der Waals surface area contributed by atoms with Crippen LogP contribution >= 0.6 is 0 Å². The second-order valence-electron chi connectivity index (χ2n) is 7.62. The van der Waals surface area contributed by atoms with Crippen LogP contribution in [0.2, 0.25) is 0 Å². The van der Waals surface area contributed by atoms with E-state index in [2.05, 4.69) is 11.4 Å². The van der Waals surface area contributed by atoms with Crippen LogP contribution in [0, 0.1) is 0 Å². The quantitative estimate of drug-likeness (QED) is 0.616. The van der Waals surface area contributed by atoms with Crippen molar-refractivity contribution in [2.45, 2.75) is 17.7 Å². The second-order valence-corrected chi connectivity index (χ2v) is 9.56. The molecule has 1 aliphatic rings. The van der Waals surface area contributed by atoms with E-state index in [0.717, 1.165) is 21.9 Å². The van der Waals surface area contributed by atoms with E-state index in [1.54, 1.807) is 12.1 Å². The highest BCUT2D eigenvalue weighted by atomic mass is 32.2. The molecule has 162 valence electrons. The normalized spacial score (nSPS) is 15.1. The van der Waals surface area contributed by atoms with Crippen molar-refractivity contribution in [3.8, 4) is 0 Å². The lowest BCUT2D eigenvalue weighted by Gasteiger charge is -2.26. The molecule has 0 radical (unpaired) electrons. The Morgan fingerprint density at radius 1 is 0.903 bits per heavy atom. The first kappa shape index (κ1) is 21.5. The summed E-state index contributed by atoms with van der Waals surface area (Å²) in [4.78, 5) is 12.6. The number of morpholine rings is 1. The SMILES string of the molecule is O=C(Cc1ccc2ccccc2c1)NCCc1ccc(S(=O)(=O)N2CCOCC2)cc1. The maximum atomic E-state index is 12.7. The van der Waals surface area contributed by atoms with Crippen molar-refractivity contribution in [3.63, 3.8) is 0 Å². The number of carbonyl (C=O) groups is 1. The Balaban J connectivity index is 1.28. The third-order valence-electron chi connectivity index (χ3n) is 5.45. The molecule has 1 fully saturated rings. The van der Waals surface area contributed by atoms with E-state index >= 15 is 0 Å². The van der Waals surface area contributed by atoms with Crippen LogP contribution in [0.15, 0.2) is 71.6 Å². The molecular formula is C24H26N2O4S. The van der Waals surface area contributed by atoms with Gasteiger partial charge >= 0.3 is 0 Å². The monoisotopic (exact) mass is 438 g/mol. The highest BCUT2D eigenvalue weighted by Gasteiger charge is 2.26. The molecule has 3 aromatic rings. The Bertz CT molecular complexity index is 1150. The summed E-state index contributed by atoms with van der Waals surface area (Å²) in [6, 6.07) is 21.0. The van der Waals surface area contributed by atoms with E-state index in [-0.39, 0.29) is 5.91 Å². The van der Waals surface area contributed by atoms with Crippen LogP contribution in [0.25, 0.3) is 10.8 Å². The van der Waals surface area contributed by atoms with Gasteiger partial charge in [0.05, 0.1) is 24.5 Å². The zero-order valence-corrected chi connectivity index (χ0v) is 18.1. The summed E-state index contributed by atoms with van der Waals surface area (Å²) in [6.45, 7) is 2.12. The Hall–Kier alpha value is -2.74. The molecular weight excluding hydrogens is 412 g/mol. The maximum Gasteiger partial charge on any atom is 0.243 e. The van der Waals surface area contributed by atoms with Crippen LogP contribution in [0.5, 0.6) is 0 Å². The van der Waals surface area contributed by atoms with Gasteiger partial charge in [0.2, 0.25) is 15.9 Å². The Morgan fingerprint density at radius 3 is 2.32 bits per heavy atom. The minimum atomic E-state index is -3.48. The van der Waals surface area contributed by atoms with E-state index in [4.69, 9.17) is 4.74 Å². The standard InChI is InChI=1S/C24H26N2O4S/c27-24(18-20-5-8-21-3-1-2-4-22(21)17-20)25-12-11-19-6-9-23(10-7-19)31(28,29)26-13-15-30-16-14-26/h1-10,17H,11-16,18H2,(H,25,27). The summed E-state index contributed by atoms with van der Waals surface area (Å²) in [7, 11) is -3.48. The van der Waals surface area contributed by atoms with Crippen molar-refractivity contribution in [2.75, 3.05) is 32.8 Å². The van der Waals surface area contributed by atoms with Gasteiger partial charge in [-0.25, -0.2) is 8.42 Å². The smallest absolute Gasteiger partial charge is 0.243 e. The average Bonchev–Trinajstić information content (AvgIpc) is 2.80. The Kier molecular flexibility index (Phi) is 6.65. The van der Waals surface area contributed by atoms with Crippen molar-refractivity contribution in [1.29, 1.82) is 0 Å². The number of sulfonamides is 1. The molecule has 0 aromatic heterocycles. The van der Waals surface area contributed by atoms with Crippen LogP contribution < -0.4 is 5.32 Å². The van der Waals surface area contributed by atoms with Gasteiger partial charge < -0.3 is 10.1 Å². The molecule has 31 heavy (non-hydrogen) atoms. The fourth-order valence-corrected chi connectivity index (χ4v) is 5.11. The molecule has 4 rings (SSSR count). The van der Waals surface area contributed by atoms with Crippen LogP contribution in [-0.2, 0) is 32.4 Å². The summed E-state index contributed by atoms with van der Waals surface area (Å²) >= 11 is 0. The minimum Gasteiger partial charge on any atom is -0.379 e. The molecule has 0 atom stereocenters. The van der Waals surface area contributed by atoms with Gasteiger partial charge in [0, 0.05) is 19.6 Å². The molecule has 0 spiro atoms. The number of ether oxygens (including phenoxy) is 1. The number of nitrogens with zero attached hydrogens (tertiary/aromatic N) is 1. The minimum absolute atomic E-state index is 0.0261. The molecule has 0 bridgehead atoms. The molecule has 1 amide bonds. The molecule has 0 saturated carbocycles. The van der Waals surface area contributed by atoms with Crippen LogP contribution in [0.4, 0.5) is 0 Å². The largest absolute Gasteiger partial charge is 0.379 e. The van der Waals surface area contributed by atoms with Gasteiger partial charge in [-0.3, -0.25) is 4.79 Å². The Labute approximate surface area is 182 Å². The third-order valence-corrected chi connectivity index (χ3v) is 7.36. The zero-order valence-electron chi connectivity index (χ0n) is 17.3. The van der Waals surface area contributed by atoms with Gasteiger partial charge in [0.1, 0.15) is 0 Å². The van der Waals surface area contributed by atoms with Crippen LogP contribution in [0.3, 0.4) is 0 Å². The van der Waals surface area contributed by atoms with E-state index < -0.39 is 10.0 Å². The van der Waals surface area contributed by atoms with E-state index in [1.165, 1.54) is 4.31 Å². The predicted molar refractivity (Wildman–Crippen MR) is 120 cm³/mol. The summed E-state index contributed by atoms with van der Waals surface area (Å²) in [5.41, 5.74) is 1.96. The lowest BCUT2D eigenvalue weighted by Crippen LogP contribution is -2.40. The van der Waals surface area contributed by atoms with E-state index in [9.17, 15) is 13.2 Å².